The highest BCUT2D eigenvalue weighted by Gasteiger charge is 2.23. The van der Waals surface area contributed by atoms with Gasteiger partial charge in [-0.05, 0) is 24.3 Å². The van der Waals surface area contributed by atoms with E-state index in [4.69, 9.17) is 15.1 Å². The Hall–Kier alpha value is -2.81. The molecular formula is C17H18N2O4. The lowest BCUT2D eigenvalue weighted by Gasteiger charge is -2.30. The summed E-state index contributed by atoms with van der Waals surface area (Å²) in [5.41, 5.74) is 0.689. The summed E-state index contributed by atoms with van der Waals surface area (Å²) in [7, 11) is 0. The van der Waals surface area contributed by atoms with Crippen LogP contribution in [-0.2, 0) is 16.1 Å². The fraction of sp³-hybridized carbons (Fsp3) is 0.353. The second-order valence-corrected chi connectivity index (χ2v) is 5.36. The molecule has 1 aliphatic rings. The zero-order valence-electron chi connectivity index (χ0n) is 12.6. The van der Waals surface area contributed by atoms with Crippen molar-refractivity contribution in [1.29, 1.82) is 5.26 Å². The van der Waals surface area contributed by atoms with E-state index in [0.717, 1.165) is 5.56 Å². The van der Waals surface area contributed by atoms with E-state index in [2.05, 4.69) is 0 Å². The Morgan fingerprint density at radius 3 is 2.52 bits per heavy atom. The second kappa shape index (κ2) is 7.99. The molecule has 0 unspecified atom stereocenters. The molecule has 1 saturated heterocycles. The zero-order valence-corrected chi connectivity index (χ0v) is 12.6. The number of carbonyl (C=O) groups excluding carboxylic acids is 1. The SMILES string of the molecule is N#C/C(=C/C1CCN(C(=O)OCc2ccccc2)CC1)C(=O)O. The molecule has 120 valence electrons. The van der Waals surface area contributed by atoms with Gasteiger partial charge in [0.15, 0.2) is 0 Å². The Morgan fingerprint density at radius 2 is 1.96 bits per heavy atom. The third-order valence-electron chi connectivity index (χ3n) is 3.76. The van der Waals surface area contributed by atoms with Gasteiger partial charge in [-0.3, -0.25) is 0 Å². The second-order valence-electron chi connectivity index (χ2n) is 5.36. The molecule has 2 rings (SSSR count). The van der Waals surface area contributed by atoms with Gasteiger partial charge in [-0.15, -0.1) is 0 Å². The number of likely N-dealkylation sites (tertiary alicyclic amines) is 1. The van der Waals surface area contributed by atoms with E-state index >= 15 is 0 Å². The standard InChI is InChI=1S/C17H18N2O4/c18-11-15(16(20)21)10-13-6-8-19(9-7-13)17(22)23-12-14-4-2-1-3-5-14/h1-5,10,13H,6-9,12H2,(H,20,21)/b15-10-. The van der Waals surface area contributed by atoms with E-state index in [1.807, 2.05) is 30.3 Å². The lowest BCUT2D eigenvalue weighted by Crippen LogP contribution is -2.38. The topological polar surface area (TPSA) is 90.6 Å². The Kier molecular flexibility index (Phi) is 5.75. The van der Waals surface area contributed by atoms with Crippen molar-refractivity contribution < 1.29 is 19.4 Å². The number of carbonyl (C=O) groups is 2. The maximum Gasteiger partial charge on any atom is 0.410 e. The summed E-state index contributed by atoms with van der Waals surface area (Å²) >= 11 is 0. The summed E-state index contributed by atoms with van der Waals surface area (Å²) in [6, 6.07) is 11.1. The zero-order chi connectivity index (χ0) is 16.7. The third kappa shape index (κ3) is 4.85. The molecule has 1 amide bonds. The minimum absolute atomic E-state index is 0.000997. The van der Waals surface area contributed by atoms with Crippen LogP contribution in [0, 0.1) is 17.2 Å². The Morgan fingerprint density at radius 1 is 1.30 bits per heavy atom. The molecule has 0 bridgehead atoms. The van der Waals surface area contributed by atoms with E-state index in [1.165, 1.54) is 6.08 Å². The molecule has 0 saturated carbocycles. The molecule has 0 spiro atoms. The van der Waals surface area contributed by atoms with Crippen molar-refractivity contribution in [3.63, 3.8) is 0 Å². The number of hydrogen-bond acceptors (Lipinski definition) is 4. The number of carboxylic acid groups (broad SMARTS) is 1. The molecule has 6 nitrogen and oxygen atoms in total. The fourth-order valence-corrected chi connectivity index (χ4v) is 2.45. The van der Waals surface area contributed by atoms with Crippen LogP contribution >= 0.6 is 0 Å². The molecule has 1 aromatic carbocycles. The number of aliphatic carboxylic acids is 1. The Labute approximate surface area is 134 Å². The predicted octanol–water partition coefficient (Wildman–Crippen LogP) is 2.57. The molecule has 1 fully saturated rings. The van der Waals surface area contributed by atoms with Gasteiger partial charge in [-0.2, -0.15) is 5.26 Å². The largest absolute Gasteiger partial charge is 0.477 e. The highest BCUT2D eigenvalue weighted by atomic mass is 16.6. The van der Waals surface area contributed by atoms with Crippen LogP contribution in [0.5, 0.6) is 0 Å². The van der Waals surface area contributed by atoms with Gasteiger partial charge in [0, 0.05) is 13.1 Å². The van der Waals surface area contributed by atoms with Crippen molar-refractivity contribution in [3.05, 3.63) is 47.5 Å². The Bertz CT molecular complexity index is 626. The minimum Gasteiger partial charge on any atom is -0.477 e. The van der Waals surface area contributed by atoms with E-state index in [1.54, 1.807) is 11.0 Å². The smallest absolute Gasteiger partial charge is 0.410 e. The maximum atomic E-state index is 12.0. The van der Waals surface area contributed by atoms with Crippen molar-refractivity contribution in [2.45, 2.75) is 19.4 Å². The molecule has 23 heavy (non-hydrogen) atoms. The molecule has 1 heterocycles. The van der Waals surface area contributed by atoms with Crippen molar-refractivity contribution in [1.82, 2.24) is 4.90 Å². The van der Waals surface area contributed by atoms with Gasteiger partial charge in [0.25, 0.3) is 0 Å². The molecule has 1 aromatic rings. The molecule has 1 aliphatic heterocycles. The number of allylic oxidation sites excluding steroid dienone is 1. The molecule has 1 N–H and O–H groups in total. The van der Waals surface area contributed by atoms with Crippen LogP contribution in [0.25, 0.3) is 0 Å². The van der Waals surface area contributed by atoms with E-state index in [-0.39, 0.29) is 24.2 Å². The molecule has 0 aliphatic carbocycles. The molecular weight excluding hydrogens is 296 g/mol. The van der Waals surface area contributed by atoms with Gasteiger partial charge in [0.05, 0.1) is 0 Å². The van der Waals surface area contributed by atoms with Crippen molar-refractivity contribution in [2.24, 2.45) is 5.92 Å². The quantitative estimate of drug-likeness (QED) is 0.681. The first-order valence-corrected chi connectivity index (χ1v) is 7.41. The van der Waals surface area contributed by atoms with Crippen LogP contribution in [0.15, 0.2) is 42.0 Å². The summed E-state index contributed by atoms with van der Waals surface area (Å²) in [4.78, 5) is 24.4. The van der Waals surface area contributed by atoms with Crippen LogP contribution in [0.3, 0.4) is 0 Å². The first-order chi connectivity index (χ1) is 11.1. The van der Waals surface area contributed by atoms with Crippen molar-refractivity contribution >= 4 is 12.1 Å². The molecule has 0 atom stereocenters. The van der Waals surface area contributed by atoms with Gasteiger partial charge in [-0.1, -0.05) is 36.4 Å². The van der Waals surface area contributed by atoms with Gasteiger partial charge >= 0.3 is 12.1 Å². The third-order valence-corrected chi connectivity index (χ3v) is 3.76. The van der Waals surface area contributed by atoms with Crippen LogP contribution in [0.4, 0.5) is 4.79 Å². The Balaban J connectivity index is 1.81. The summed E-state index contributed by atoms with van der Waals surface area (Å²) in [5, 5.41) is 17.6. The number of rotatable bonds is 4. The number of nitriles is 1. The molecule has 0 aromatic heterocycles. The number of ether oxygens (including phenoxy) is 1. The highest BCUT2D eigenvalue weighted by molar-refractivity contribution is 5.91. The number of hydrogen-bond donors (Lipinski definition) is 1. The number of benzene rings is 1. The van der Waals surface area contributed by atoms with E-state index < -0.39 is 5.97 Å². The summed E-state index contributed by atoms with van der Waals surface area (Å²) in [6.45, 7) is 1.22. The van der Waals surface area contributed by atoms with Crippen LogP contribution in [-0.4, -0.2) is 35.2 Å². The average molecular weight is 314 g/mol. The summed E-state index contributed by atoms with van der Waals surface area (Å²) in [5.74, 6) is -1.21. The monoisotopic (exact) mass is 314 g/mol. The lowest BCUT2D eigenvalue weighted by atomic mass is 9.95. The summed E-state index contributed by atoms with van der Waals surface area (Å²) in [6.07, 6.45) is 2.36. The van der Waals surface area contributed by atoms with Crippen molar-refractivity contribution in [2.75, 3.05) is 13.1 Å². The van der Waals surface area contributed by atoms with Gasteiger partial charge < -0.3 is 14.7 Å². The highest BCUT2D eigenvalue weighted by Crippen LogP contribution is 2.20. The van der Waals surface area contributed by atoms with Crippen molar-refractivity contribution in [3.8, 4) is 6.07 Å². The molecule has 0 radical (unpaired) electrons. The first-order valence-electron chi connectivity index (χ1n) is 7.41. The van der Waals surface area contributed by atoms with Gasteiger partial charge in [0.1, 0.15) is 18.2 Å². The summed E-state index contributed by atoms with van der Waals surface area (Å²) < 4.78 is 5.27. The lowest BCUT2D eigenvalue weighted by molar-refractivity contribution is -0.132. The van der Waals surface area contributed by atoms with E-state index in [9.17, 15) is 9.59 Å². The minimum atomic E-state index is -1.21. The van der Waals surface area contributed by atoms with E-state index in [0.29, 0.717) is 25.9 Å². The maximum absolute atomic E-state index is 12.0. The number of nitrogens with zero attached hydrogens (tertiary/aromatic N) is 2. The average Bonchev–Trinajstić information content (AvgIpc) is 2.58. The number of amides is 1. The first kappa shape index (κ1) is 16.6. The predicted molar refractivity (Wildman–Crippen MR) is 82.3 cm³/mol. The number of carboxylic acids is 1. The number of piperidine rings is 1. The molecule has 6 heteroatoms. The van der Waals surface area contributed by atoms with Crippen LogP contribution in [0.1, 0.15) is 18.4 Å². The van der Waals surface area contributed by atoms with Gasteiger partial charge in [0.2, 0.25) is 0 Å². The normalized spacial score (nSPS) is 15.8. The fourth-order valence-electron chi connectivity index (χ4n) is 2.45. The van der Waals surface area contributed by atoms with Crippen LogP contribution in [0.2, 0.25) is 0 Å². The van der Waals surface area contributed by atoms with Gasteiger partial charge in [-0.25, -0.2) is 9.59 Å². The van der Waals surface area contributed by atoms with Crippen LogP contribution < -0.4 is 0 Å².